The van der Waals surface area contributed by atoms with Crippen molar-refractivity contribution in [3.8, 4) is 11.4 Å². The topological polar surface area (TPSA) is 93.5 Å². The van der Waals surface area contributed by atoms with Crippen LogP contribution in [0.2, 0.25) is 0 Å². The molecule has 0 saturated heterocycles. The number of hydrogen-bond donors (Lipinski definition) is 1. The molecule has 0 saturated carbocycles. The number of amides is 1. The van der Waals surface area contributed by atoms with Crippen LogP contribution in [0.5, 0.6) is 5.75 Å². The van der Waals surface area contributed by atoms with Gasteiger partial charge in [0.25, 0.3) is 5.91 Å². The average molecular weight is 475 g/mol. The number of nitrogens with one attached hydrogen (secondary N) is 1. The van der Waals surface area contributed by atoms with E-state index in [4.69, 9.17) is 4.74 Å². The molecule has 3 rings (SSSR count). The summed E-state index contributed by atoms with van der Waals surface area (Å²) in [7, 11) is -2.34. The van der Waals surface area contributed by atoms with Crippen LogP contribution in [-0.2, 0) is 16.6 Å². The van der Waals surface area contributed by atoms with Crippen LogP contribution in [0.4, 0.5) is 4.39 Å². The fraction of sp³-hybridized carbons (Fsp3) is 0.304. The van der Waals surface area contributed by atoms with E-state index in [-0.39, 0.29) is 22.8 Å². The number of methoxy groups -OCH3 is 1. The predicted molar refractivity (Wildman–Crippen MR) is 123 cm³/mol. The van der Waals surface area contributed by atoms with Gasteiger partial charge < -0.3 is 14.6 Å². The first-order valence-electron chi connectivity index (χ1n) is 10.5. The molecule has 1 aromatic heterocycles. The second-order valence-electron chi connectivity index (χ2n) is 7.26. The third-order valence-corrected chi connectivity index (χ3v) is 7.36. The fourth-order valence-corrected chi connectivity index (χ4v) is 4.99. The van der Waals surface area contributed by atoms with Crippen molar-refractivity contribution in [2.24, 2.45) is 0 Å². The highest BCUT2D eigenvalue weighted by Gasteiger charge is 2.24. The van der Waals surface area contributed by atoms with Crippen LogP contribution < -0.4 is 10.1 Å². The molecule has 8 nitrogen and oxygen atoms in total. The Balaban J connectivity index is 1.81. The molecule has 0 fully saturated rings. The highest BCUT2D eigenvalue weighted by atomic mass is 32.2. The van der Waals surface area contributed by atoms with E-state index in [2.05, 4.69) is 10.3 Å². The minimum Gasteiger partial charge on any atom is -0.496 e. The van der Waals surface area contributed by atoms with Crippen molar-refractivity contribution in [1.82, 2.24) is 19.2 Å². The number of sulfonamides is 1. The lowest BCUT2D eigenvalue weighted by Crippen LogP contribution is -2.31. The predicted octanol–water partition coefficient (Wildman–Crippen LogP) is 3.29. The number of ether oxygens (including phenoxy) is 1. The zero-order chi connectivity index (χ0) is 24.2. The van der Waals surface area contributed by atoms with Gasteiger partial charge >= 0.3 is 0 Å². The Bertz CT molecular complexity index is 1250. The molecule has 176 valence electrons. The van der Waals surface area contributed by atoms with Gasteiger partial charge in [-0.05, 0) is 42.8 Å². The molecule has 3 aromatic rings. The lowest BCUT2D eigenvalue weighted by atomic mass is 10.1. The molecule has 10 heteroatoms. The van der Waals surface area contributed by atoms with Gasteiger partial charge in [-0.3, -0.25) is 4.79 Å². The van der Waals surface area contributed by atoms with E-state index in [1.165, 1.54) is 35.7 Å². The summed E-state index contributed by atoms with van der Waals surface area (Å²) in [5, 5.41) is 2.71. The third-order valence-electron chi connectivity index (χ3n) is 5.31. The van der Waals surface area contributed by atoms with Crippen LogP contribution in [0.3, 0.4) is 0 Å². The van der Waals surface area contributed by atoms with Crippen molar-refractivity contribution < 1.29 is 22.3 Å². The first kappa shape index (κ1) is 24.4. The Morgan fingerprint density at radius 2 is 1.91 bits per heavy atom. The Morgan fingerprint density at radius 1 is 1.18 bits per heavy atom. The van der Waals surface area contributed by atoms with E-state index in [1.54, 1.807) is 49.9 Å². The summed E-state index contributed by atoms with van der Waals surface area (Å²) in [6.45, 7) is 5.94. The first-order chi connectivity index (χ1) is 15.7. The summed E-state index contributed by atoms with van der Waals surface area (Å²) >= 11 is 0. The maximum atomic E-state index is 14.6. The SMILES string of the molecule is CCN(CC)S(=O)(=O)c1ccc(OC)c(C(=O)NCc2ccc(-n3ccnc3C)c(F)c2)c1. The Kier molecular flexibility index (Phi) is 7.50. The van der Waals surface area contributed by atoms with Gasteiger partial charge in [-0.1, -0.05) is 19.9 Å². The molecule has 0 unspecified atom stereocenters. The van der Waals surface area contributed by atoms with Crippen molar-refractivity contribution in [2.75, 3.05) is 20.2 Å². The molecule has 0 bridgehead atoms. The molecular weight excluding hydrogens is 447 g/mol. The van der Waals surface area contributed by atoms with Gasteiger partial charge in [0.05, 0.1) is 23.3 Å². The summed E-state index contributed by atoms with van der Waals surface area (Å²) in [6, 6.07) is 8.82. The molecule has 2 aromatic carbocycles. The number of nitrogens with zero attached hydrogens (tertiary/aromatic N) is 3. The molecule has 0 radical (unpaired) electrons. The fourth-order valence-electron chi connectivity index (χ4n) is 3.50. The van der Waals surface area contributed by atoms with E-state index in [1.807, 2.05) is 0 Å². The van der Waals surface area contributed by atoms with Crippen LogP contribution >= 0.6 is 0 Å². The Labute approximate surface area is 193 Å². The van der Waals surface area contributed by atoms with Crippen LogP contribution in [0, 0.1) is 12.7 Å². The van der Waals surface area contributed by atoms with Crippen molar-refractivity contribution in [3.05, 3.63) is 71.6 Å². The Hall–Kier alpha value is -3.24. The van der Waals surface area contributed by atoms with E-state index >= 15 is 0 Å². The number of halogens is 1. The third kappa shape index (κ3) is 5.07. The molecule has 1 amide bonds. The van der Waals surface area contributed by atoms with Gasteiger partial charge in [-0.15, -0.1) is 0 Å². The summed E-state index contributed by atoms with van der Waals surface area (Å²) in [4.78, 5) is 17.0. The number of hydrogen-bond acceptors (Lipinski definition) is 5. The number of benzene rings is 2. The van der Waals surface area contributed by atoms with E-state index in [0.717, 1.165) is 0 Å². The standard InChI is InChI=1S/C23H27FN4O4S/c1-5-27(6-2)33(30,31)18-8-10-22(32-4)19(14-18)23(29)26-15-17-7-9-21(20(24)13-17)28-12-11-25-16(28)3/h7-14H,5-6,15H2,1-4H3,(H,26,29). The summed E-state index contributed by atoms with van der Waals surface area (Å²) < 4.78 is 48.5. The molecule has 0 spiro atoms. The second-order valence-corrected chi connectivity index (χ2v) is 9.20. The number of aromatic nitrogens is 2. The molecular formula is C23H27FN4O4S. The highest BCUT2D eigenvalue weighted by molar-refractivity contribution is 7.89. The molecule has 0 atom stereocenters. The van der Waals surface area contributed by atoms with Crippen LogP contribution in [0.25, 0.3) is 5.69 Å². The van der Waals surface area contributed by atoms with Crippen LogP contribution in [0.15, 0.2) is 53.7 Å². The average Bonchev–Trinajstić information content (AvgIpc) is 3.23. The largest absolute Gasteiger partial charge is 0.496 e. The highest BCUT2D eigenvalue weighted by Crippen LogP contribution is 2.25. The van der Waals surface area contributed by atoms with Gasteiger partial charge in [0.2, 0.25) is 10.0 Å². The number of aryl methyl sites for hydroxylation is 1. The Morgan fingerprint density at radius 3 is 2.48 bits per heavy atom. The maximum Gasteiger partial charge on any atom is 0.255 e. The van der Waals surface area contributed by atoms with Crippen molar-refractivity contribution in [3.63, 3.8) is 0 Å². The van der Waals surface area contributed by atoms with Crippen molar-refractivity contribution in [2.45, 2.75) is 32.2 Å². The summed E-state index contributed by atoms with van der Waals surface area (Å²) in [5.41, 5.74) is 0.987. The minimum atomic E-state index is -3.74. The monoisotopic (exact) mass is 474 g/mol. The van der Waals surface area contributed by atoms with Crippen molar-refractivity contribution in [1.29, 1.82) is 0 Å². The van der Waals surface area contributed by atoms with Gasteiger partial charge in [0.15, 0.2) is 0 Å². The van der Waals surface area contributed by atoms with E-state index < -0.39 is 21.7 Å². The van der Waals surface area contributed by atoms with Gasteiger partial charge in [-0.2, -0.15) is 4.31 Å². The number of carbonyl (C=O) groups excluding carboxylic acids is 1. The summed E-state index contributed by atoms with van der Waals surface area (Å²) in [6.07, 6.45) is 3.26. The zero-order valence-electron chi connectivity index (χ0n) is 19.0. The van der Waals surface area contributed by atoms with E-state index in [9.17, 15) is 17.6 Å². The maximum absolute atomic E-state index is 14.6. The minimum absolute atomic E-state index is 0.00301. The van der Waals surface area contributed by atoms with Crippen LogP contribution in [-0.4, -0.2) is 48.4 Å². The zero-order valence-corrected chi connectivity index (χ0v) is 19.8. The number of rotatable bonds is 9. The number of imidazole rings is 1. The lowest BCUT2D eigenvalue weighted by molar-refractivity contribution is 0.0947. The summed E-state index contributed by atoms with van der Waals surface area (Å²) in [5.74, 6) is -0.0872. The molecule has 0 aliphatic carbocycles. The molecule has 33 heavy (non-hydrogen) atoms. The smallest absolute Gasteiger partial charge is 0.255 e. The van der Waals surface area contributed by atoms with Crippen molar-refractivity contribution >= 4 is 15.9 Å². The quantitative estimate of drug-likeness (QED) is 0.514. The van der Waals surface area contributed by atoms with E-state index in [0.29, 0.717) is 30.2 Å². The number of carbonyl (C=O) groups is 1. The first-order valence-corrected chi connectivity index (χ1v) is 11.9. The second kappa shape index (κ2) is 10.1. The molecule has 0 aliphatic heterocycles. The molecule has 1 heterocycles. The van der Waals surface area contributed by atoms with Gasteiger partial charge in [-0.25, -0.2) is 17.8 Å². The lowest BCUT2D eigenvalue weighted by Gasteiger charge is -2.19. The van der Waals surface area contributed by atoms with Gasteiger partial charge in [0, 0.05) is 32.0 Å². The normalized spacial score (nSPS) is 11.6. The molecule has 1 N–H and O–H groups in total. The van der Waals surface area contributed by atoms with Gasteiger partial charge in [0.1, 0.15) is 17.4 Å². The molecule has 0 aliphatic rings. The van der Waals surface area contributed by atoms with Crippen LogP contribution in [0.1, 0.15) is 35.6 Å².